The highest BCUT2D eigenvalue weighted by Gasteiger charge is 2.32. The predicted octanol–water partition coefficient (Wildman–Crippen LogP) is 3.99. The second kappa shape index (κ2) is 8.64. The SMILES string of the molecule is Cc1c(C(=O)N(Cc2ccc(N(C)C)cc2)CC2CCCO2)oc2c1C(=O)CCC2. The standard InChI is InChI=1S/C24H30N2O4/c1-16-22-20(27)7-4-8-21(22)30-23(16)24(28)26(15-19-6-5-13-29-19)14-17-9-11-18(12-10-17)25(2)3/h9-12,19H,4-8,13-15H2,1-3H3. The number of amides is 1. The number of furan rings is 1. The zero-order chi connectivity index (χ0) is 21.3. The molecule has 1 aliphatic heterocycles. The Kier molecular flexibility index (Phi) is 5.95. The van der Waals surface area contributed by atoms with Gasteiger partial charge in [0, 0.05) is 57.9 Å². The third kappa shape index (κ3) is 4.15. The number of ether oxygens (including phenoxy) is 1. The molecule has 1 aromatic carbocycles. The van der Waals surface area contributed by atoms with Crippen LogP contribution in [0.15, 0.2) is 28.7 Å². The lowest BCUT2D eigenvalue weighted by molar-refractivity contribution is 0.0481. The molecule has 0 N–H and O–H groups in total. The molecule has 2 heterocycles. The van der Waals surface area contributed by atoms with Gasteiger partial charge in [0.25, 0.3) is 5.91 Å². The van der Waals surface area contributed by atoms with E-state index in [1.54, 1.807) is 0 Å². The van der Waals surface area contributed by atoms with Crippen molar-refractivity contribution in [3.8, 4) is 0 Å². The molecular weight excluding hydrogens is 380 g/mol. The molecule has 1 fully saturated rings. The van der Waals surface area contributed by atoms with Crippen LogP contribution in [0.4, 0.5) is 5.69 Å². The van der Waals surface area contributed by atoms with Crippen LogP contribution in [0.3, 0.4) is 0 Å². The number of nitrogens with zero attached hydrogens (tertiary/aromatic N) is 2. The van der Waals surface area contributed by atoms with Crippen molar-refractivity contribution in [3.05, 3.63) is 52.5 Å². The van der Waals surface area contributed by atoms with Crippen molar-refractivity contribution in [3.63, 3.8) is 0 Å². The first kappa shape index (κ1) is 20.7. The van der Waals surface area contributed by atoms with E-state index in [4.69, 9.17) is 9.15 Å². The summed E-state index contributed by atoms with van der Waals surface area (Å²) in [4.78, 5) is 29.7. The van der Waals surface area contributed by atoms with Crippen molar-refractivity contribution in [1.29, 1.82) is 0 Å². The monoisotopic (exact) mass is 410 g/mol. The van der Waals surface area contributed by atoms with E-state index in [-0.39, 0.29) is 17.8 Å². The van der Waals surface area contributed by atoms with Crippen LogP contribution >= 0.6 is 0 Å². The number of ketones is 1. The molecule has 0 bridgehead atoms. The first-order valence-corrected chi connectivity index (χ1v) is 10.8. The van der Waals surface area contributed by atoms with E-state index in [9.17, 15) is 9.59 Å². The number of hydrogen-bond acceptors (Lipinski definition) is 5. The zero-order valence-electron chi connectivity index (χ0n) is 18.1. The molecule has 160 valence electrons. The van der Waals surface area contributed by atoms with Crippen LogP contribution < -0.4 is 4.90 Å². The highest BCUT2D eigenvalue weighted by Crippen LogP contribution is 2.30. The van der Waals surface area contributed by atoms with Gasteiger partial charge in [-0.05, 0) is 43.9 Å². The molecule has 0 saturated carbocycles. The van der Waals surface area contributed by atoms with Gasteiger partial charge in [-0.15, -0.1) is 0 Å². The molecule has 2 aliphatic rings. The predicted molar refractivity (Wildman–Crippen MR) is 115 cm³/mol. The highest BCUT2D eigenvalue weighted by atomic mass is 16.5. The van der Waals surface area contributed by atoms with E-state index in [0.717, 1.165) is 37.1 Å². The van der Waals surface area contributed by atoms with Crippen molar-refractivity contribution in [2.75, 3.05) is 32.1 Å². The summed E-state index contributed by atoms with van der Waals surface area (Å²) in [5.74, 6) is 0.890. The maximum Gasteiger partial charge on any atom is 0.290 e. The largest absolute Gasteiger partial charge is 0.455 e. The fourth-order valence-corrected chi connectivity index (χ4v) is 4.37. The summed E-state index contributed by atoms with van der Waals surface area (Å²) in [7, 11) is 4.01. The van der Waals surface area contributed by atoms with Gasteiger partial charge in [0.15, 0.2) is 11.5 Å². The molecule has 4 rings (SSSR count). The Morgan fingerprint density at radius 1 is 1.13 bits per heavy atom. The maximum absolute atomic E-state index is 13.5. The van der Waals surface area contributed by atoms with E-state index in [2.05, 4.69) is 24.3 Å². The number of hydrogen-bond donors (Lipinski definition) is 0. The van der Waals surface area contributed by atoms with Crippen LogP contribution in [0.5, 0.6) is 0 Å². The average Bonchev–Trinajstić information content (AvgIpc) is 3.36. The minimum Gasteiger partial charge on any atom is -0.455 e. The van der Waals surface area contributed by atoms with Crippen LogP contribution in [0.1, 0.15) is 63.5 Å². The van der Waals surface area contributed by atoms with E-state index in [1.165, 1.54) is 0 Å². The number of aryl methyl sites for hydroxylation is 1. The molecule has 0 spiro atoms. The Balaban J connectivity index is 1.60. The number of carbonyl (C=O) groups excluding carboxylic acids is 2. The molecule has 6 heteroatoms. The smallest absolute Gasteiger partial charge is 0.290 e. The number of Topliss-reactive ketones (excluding diaryl/α,β-unsaturated/α-hetero) is 1. The molecule has 1 aliphatic carbocycles. The van der Waals surface area contributed by atoms with E-state index in [1.807, 2.05) is 30.8 Å². The number of rotatable bonds is 6. The summed E-state index contributed by atoms with van der Waals surface area (Å²) >= 11 is 0. The first-order chi connectivity index (χ1) is 14.4. The Labute approximate surface area is 177 Å². The second-order valence-electron chi connectivity index (χ2n) is 8.51. The van der Waals surface area contributed by atoms with Crippen LogP contribution in [-0.4, -0.2) is 49.9 Å². The first-order valence-electron chi connectivity index (χ1n) is 10.8. The van der Waals surface area contributed by atoms with Crippen molar-refractivity contribution in [2.24, 2.45) is 0 Å². The Morgan fingerprint density at radius 3 is 2.53 bits per heavy atom. The lowest BCUT2D eigenvalue weighted by atomic mass is 9.94. The minimum absolute atomic E-state index is 0.0431. The Hall–Kier alpha value is -2.60. The summed E-state index contributed by atoms with van der Waals surface area (Å²) in [6.07, 6.45) is 4.04. The van der Waals surface area contributed by atoms with Gasteiger partial charge in [0.2, 0.25) is 0 Å². The van der Waals surface area contributed by atoms with Gasteiger partial charge in [-0.2, -0.15) is 0 Å². The third-order valence-corrected chi connectivity index (χ3v) is 6.06. The summed E-state index contributed by atoms with van der Waals surface area (Å²) in [5, 5.41) is 0. The molecular formula is C24H30N2O4. The van der Waals surface area contributed by atoms with Gasteiger partial charge in [0.1, 0.15) is 5.76 Å². The molecule has 1 atom stereocenters. The number of fused-ring (bicyclic) bond motifs is 1. The lowest BCUT2D eigenvalue weighted by Crippen LogP contribution is -2.37. The van der Waals surface area contributed by atoms with Gasteiger partial charge in [0.05, 0.1) is 11.7 Å². The Bertz CT molecular complexity index is 923. The number of carbonyl (C=O) groups is 2. The topological polar surface area (TPSA) is 63.0 Å². The molecule has 1 amide bonds. The van der Waals surface area contributed by atoms with E-state index < -0.39 is 0 Å². The zero-order valence-corrected chi connectivity index (χ0v) is 18.1. The molecule has 1 unspecified atom stereocenters. The van der Waals surface area contributed by atoms with Gasteiger partial charge in [-0.25, -0.2) is 0 Å². The summed E-state index contributed by atoms with van der Waals surface area (Å²) in [6, 6.07) is 8.21. The second-order valence-corrected chi connectivity index (χ2v) is 8.51. The third-order valence-electron chi connectivity index (χ3n) is 6.06. The average molecular weight is 411 g/mol. The van der Waals surface area contributed by atoms with Gasteiger partial charge in [-0.3, -0.25) is 9.59 Å². The van der Waals surface area contributed by atoms with Crippen LogP contribution in [-0.2, 0) is 17.7 Å². The number of anilines is 1. The van der Waals surface area contributed by atoms with E-state index in [0.29, 0.717) is 48.6 Å². The van der Waals surface area contributed by atoms with Gasteiger partial charge >= 0.3 is 0 Å². The van der Waals surface area contributed by atoms with Crippen molar-refractivity contribution in [2.45, 2.75) is 51.7 Å². The molecule has 0 radical (unpaired) electrons. The van der Waals surface area contributed by atoms with Crippen molar-refractivity contribution in [1.82, 2.24) is 4.90 Å². The lowest BCUT2D eigenvalue weighted by Gasteiger charge is -2.25. The van der Waals surface area contributed by atoms with Crippen molar-refractivity contribution >= 4 is 17.4 Å². The molecule has 1 saturated heterocycles. The summed E-state index contributed by atoms with van der Waals surface area (Å²) < 4.78 is 11.7. The minimum atomic E-state index is -0.165. The summed E-state index contributed by atoms with van der Waals surface area (Å²) in [5.41, 5.74) is 3.47. The maximum atomic E-state index is 13.5. The summed E-state index contributed by atoms with van der Waals surface area (Å²) in [6.45, 7) is 3.57. The Morgan fingerprint density at radius 2 is 1.90 bits per heavy atom. The van der Waals surface area contributed by atoms with Gasteiger partial charge < -0.3 is 19.0 Å². The quantitative estimate of drug-likeness (QED) is 0.720. The van der Waals surface area contributed by atoms with Crippen molar-refractivity contribution < 1.29 is 18.7 Å². The highest BCUT2D eigenvalue weighted by molar-refractivity contribution is 6.03. The van der Waals surface area contributed by atoms with Crippen LogP contribution in [0.25, 0.3) is 0 Å². The molecule has 1 aromatic heterocycles. The van der Waals surface area contributed by atoms with Crippen LogP contribution in [0, 0.1) is 6.92 Å². The van der Waals surface area contributed by atoms with E-state index >= 15 is 0 Å². The fourth-order valence-electron chi connectivity index (χ4n) is 4.37. The van der Waals surface area contributed by atoms with Crippen LogP contribution in [0.2, 0.25) is 0 Å². The number of benzene rings is 1. The molecule has 6 nitrogen and oxygen atoms in total. The fraction of sp³-hybridized carbons (Fsp3) is 0.500. The molecule has 2 aromatic rings. The van der Waals surface area contributed by atoms with Gasteiger partial charge in [-0.1, -0.05) is 12.1 Å². The molecule has 30 heavy (non-hydrogen) atoms. The normalized spacial score (nSPS) is 18.4.